The average Bonchev–Trinajstić information content (AvgIpc) is 2.76. The Morgan fingerprint density at radius 2 is 2.21 bits per heavy atom. The lowest BCUT2D eigenvalue weighted by molar-refractivity contribution is 0.608. The minimum absolute atomic E-state index is 0.352. The second kappa shape index (κ2) is 3.59. The molecule has 2 N–H and O–H groups in total. The second-order valence-corrected chi connectivity index (χ2v) is 3.15. The van der Waals surface area contributed by atoms with Crippen molar-refractivity contribution in [3.63, 3.8) is 0 Å². The highest BCUT2D eigenvalue weighted by atomic mass is 15.4. The molecule has 2 aromatic rings. The van der Waals surface area contributed by atoms with Crippen LogP contribution in [0.1, 0.15) is 11.3 Å². The van der Waals surface area contributed by atoms with Crippen LogP contribution in [0.2, 0.25) is 0 Å². The van der Waals surface area contributed by atoms with Gasteiger partial charge in [-0.1, -0.05) is 5.21 Å². The highest BCUT2D eigenvalue weighted by Gasteiger charge is 2.01. The zero-order valence-corrected chi connectivity index (χ0v) is 7.96. The Balaban J connectivity index is 2.10. The summed E-state index contributed by atoms with van der Waals surface area (Å²) in [5.41, 5.74) is 7.39. The van der Waals surface area contributed by atoms with Crippen LogP contribution >= 0.6 is 0 Å². The van der Waals surface area contributed by atoms with E-state index in [0.29, 0.717) is 13.2 Å². The largest absolute Gasteiger partial charge is 0.312 e. The predicted octanol–water partition coefficient (Wildman–Crippen LogP) is -0.252. The van der Waals surface area contributed by atoms with Gasteiger partial charge in [-0.2, -0.15) is 5.10 Å². The summed E-state index contributed by atoms with van der Waals surface area (Å²) in [7, 11) is 0. The number of nitrogens with two attached hydrogens (primary N) is 1. The maximum absolute atomic E-state index is 5.40. The van der Waals surface area contributed by atoms with Crippen molar-refractivity contribution in [2.75, 3.05) is 0 Å². The third-order valence-corrected chi connectivity index (χ3v) is 1.86. The van der Waals surface area contributed by atoms with Gasteiger partial charge < -0.3 is 5.73 Å². The van der Waals surface area contributed by atoms with Gasteiger partial charge in [0.25, 0.3) is 0 Å². The van der Waals surface area contributed by atoms with Crippen molar-refractivity contribution in [1.29, 1.82) is 0 Å². The SMILES string of the molecule is Cc1cnn(Cc2cn(CN)nn2)c1. The first-order valence-corrected chi connectivity index (χ1v) is 4.36. The zero-order valence-electron chi connectivity index (χ0n) is 7.96. The minimum Gasteiger partial charge on any atom is -0.312 e. The predicted molar refractivity (Wildman–Crippen MR) is 50.3 cm³/mol. The monoisotopic (exact) mass is 192 g/mol. The van der Waals surface area contributed by atoms with E-state index >= 15 is 0 Å². The molecule has 2 aromatic heterocycles. The molecular weight excluding hydrogens is 180 g/mol. The Morgan fingerprint density at radius 3 is 2.79 bits per heavy atom. The molecule has 0 aliphatic rings. The van der Waals surface area contributed by atoms with Gasteiger partial charge >= 0.3 is 0 Å². The molecule has 0 amide bonds. The Hall–Kier alpha value is -1.69. The first kappa shape index (κ1) is 8.89. The van der Waals surface area contributed by atoms with Crippen LogP contribution in [0.5, 0.6) is 0 Å². The van der Waals surface area contributed by atoms with E-state index in [4.69, 9.17) is 5.73 Å². The van der Waals surface area contributed by atoms with Crippen LogP contribution in [0.3, 0.4) is 0 Å². The van der Waals surface area contributed by atoms with Gasteiger partial charge in [0.15, 0.2) is 0 Å². The molecule has 2 heterocycles. The third-order valence-electron chi connectivity index (χ3n) is 1.86. The molecule has 0 bridgehead atoms. The van der Waals surface area contributed by atoms with E-state index < -0.39 is 0 Å². The molecule has 14 heavy (non-hydrogen) atoms. The molecule has 0 saturated heterocycles. The molecule has 6 heteroatoms. The second-order valence-electron chi connectivity index (χ2n) is 3.15. The topological polar surface area (TPSA) is 74.5 Å². The molecule has 0 saturated carbocycles. The fourth-order valence-corrected chi connectivity index (χ4v) is 1.22. The summed E-state index contributed by atoms with van der Waals surface area (Å²) in [4.78, 5) is 0. The molecule has 0 aliphatic carbocycles. The molecule has 2 rings (SSSR count). The van der Waals surface area contributed by atoms with E-state index in [2.05, 4.69) is 15.4 Å². The summed E-state index contributed by atoms with van der Waals surface area (Å²) in [6.07, 6.45) is 5.59. The summed E-state index contributed by atoms with van der Waals surface area (Å²) in [5, 5.41) is 12.0. The smallest absolute Gasteiger partial charge is 0.104 e. The fraction of sp³-hybridized carbons (Fsp3) is 0.375. The van der Waals surface area contributed by atoms with Gasteiger partial charge in [0.1, 0.15) is 5.69 Å². The van der Waals surface area contributed by atoms with Crippen LogP contribution in [-0.4, -0.2) is 24.8 Å². The van der Waals surface area contributed by atoms with Crippen LogP contribution in [0.4, 0.5) is 0 Å². The Labute approximate surface area is 81.3 Å². The standard InChI is InChI=1S/C8H12N6/c1-7-2-10-13(3-7)4-8-5-14(6-9)12-11-8/h2-3,5H,4,6,9H2,1H3. The van der Waals surface area contributed by atoms with Gasteiger partial charge in [0.2, 0.25) is 0 Å². The van der Waals surface area contributed by atoms with Gasteiger partial charge in [-0.05, 0) is 12.5 Å². The molecule has 74 valence electrons. The summed E-state index contributed by atoms with van der Waals surface area (Å²) in [6.45, 7) is 2.99. The van der Waals surface area contributed by atoms with Gasteiger partial charge in [-0.25, -0.2) is 4.68 Å². The normalized spacial score (nSPS) is 10.7. The number of hydrogen-bond acceptors (Lipinski definition) is 4. The lowest BCUT2D eigenvalue weighted by Gasteiger charge is -1.94. The lowest BCUT2D eigenvalue weighted by Crippen LogP contribution is -2.07. The number of aromatic nitrogens is 5. The van der Waals surface area contributed by atoms with Crippen molar-refractivity contribution in [1.82, 2.24) is 24.8 Å². The maximum Gasteiger partial charge on any atom is 0.104 e. The molecule has 0 atom stereocenters. The van der Waals surface area contributed by atoms with Crippen LogP contribution in [0.25, 0.3) is 0 Å². The highest BCUT2D eigenvalue weighted by molar-refractivity contribution is 5.02. The van der Waals surface area contributed by atoms with E-state index in [0.717, 1.165) is 11.3 Å². The number of nitrogens with zero attached hydrogens (tertiary/aromatic N) is 5. The molecule has 0 spiro atoms. The van der Waals surface area contributed by atoms with Crippen LogP contribution < -0.4 is 5.73 Å². The number of hydrogen-bond donors (Lipinski definition) is 1. The molecule has 6 nitrogen and oxygen atoms in total. The van der Waals surface area contributed by atoms with Gasteiger partial charge in [-0.3, -0.25) is 4.68 Å². The fourth-order valence-electron chi connectivity index (χ4n) is 1.22. The Morgan fingerprint density at radius 1 is 1.36 bits per heavy atom. The maximum atomic E-state index is 5.40. The number of aryl methyl sites for hydroxylation is 1. The first-order chi connectivity index (χ1) is 6.78. The summed E-state index contributed by atoms with van der Waals surface area (Å²) < 4.78 is 3.41. The summed E-state index contributed by atoms with van der Waals surface area (Å²) >= 11 is 0. The van der Waals surface area contributed by atoms with Crippen LogP contribution in [0, 0.1) is 6.92 Å². The first-order valence-electron chi connectivity index (χ1n) is 4.36. The quantitative estimate of drug-likeness (QED) is 0.727. The Bertz CT molecular complexity index is 415. The Kier molecular flexibility index (Phi) is 2.28. The van der Waals surface area contributed by atoms with Gasteiger partial charge in [0, 0.05) is 6.20 Å². The molecule has 0 unspecified atom stereocenters. The molecular formula is C8H12N6. The highest BCUT2D eigenvalue weighted by Crippen LogP contribution is 1.99. The third kappa shape index (κ3) is 1.80. The molecule has 0 aromatic carbocycles. The van der Waals surface area contributed by atoms with Gasteiger partial charge in [0.05, 0.1) is 25.6 Å². The lowest BCUT2D eigenvalue weighted by atomic mass is 10.4. The van der Waals surface area contributed by atoms with Crippen molar-refractivity contribution in [3.05, 3.63) is 29.8 Å². The van der Waals surface area contributed by atoms with Crippen molar-refractivity contribution in [2.45, 2.75) is 20.1 Å². The molecule has 0 fully saturated rings. The average molecular weight is 192 g/mol. The van der Waals surface area contributed by atoms with Crippen molar-refractivity contribution >= 4 is 0 Å². The van der Waals surface area contributed by atoms with Crippen molar-refractivity contribution in [3.8, 4) is 0 Å². The molecule has 0 radical (unpaired) electrons. The van der Waals surface area contributed by atoms with Crippen molar-refractivity contribution < 1.29 is 0 Å². The summed E-state index contributed by atoms with van der Waals surface area (Å²) in [6, 6.07) is 0. The van der Waals surface area contributed by atoms with E-state index in [1.165, 1.54) is 0 Å². The number of rotatable bonds is 3. The van der Waals surface area contributed by atoms with E-state index in [1.807, 2.05) is 30.2 Å². The van der Waals surface area contributed by atoms with Crippen LogP contribution in [0.15, 0.2) is 18.6 Å². The zero-order chi connectivity index (χ0) is 9.97. The van der Waals surface area contributed by atoms with E-state index in [-0.39, 0.29) is 0 Å². The van der Waals surface area contributed by atoms with E-state index in [9.17, 15) is 0 Å². The summed E-state index contributed by atoms with van der Waals surface area (Å²) in [5.74, 6) is 0. The van der Waals surface area contributed by atoms with E-state index in [1.54, 1.807) is 4.68 Å². The minimum atomic E-state index is 0.352. The van der Waals surface area contributed by atoms with Gasteiger partial charge in [-0.15, -0.1) is 5.10 Å². The van der Waals surface area contributed by atoms with Crippen LogP contribution in [-0.2, 0) is 13.2 Å². The molecule has 0 aliphatic heterocycles. The van der Waals surface area contributed by atoms with Crippen molar-refractivity contribution in [2.24, 2.45) is 5.73 Å².